The Hall–Kier alpha value is -0.0800. The summed E-state index contributed by atoms with van der Waals surface area (Å²) in [5.74, 6) is 1.80. The maximum Gasteiger partial charge on any atom is 0.0672 e. The molecular formula is C19H35NO. The maximum atomic E-state index is 6.26. The number of hydrogen-bond donors (Lipinski definition) is 1. The summed E-state index contributed by atoms with van der Waals surface area (Å²) < 4.78 is 6.26. The van der Waals surface area contributed by atoms with Crippen molar-refractivity contribution >= 4 is 0 Å². The zero-order valence-corrected chi connectivity index (χ0v) is 14.2. The molecule has 3 atom stereocenters. The first-order chi connectivity index (χ1) is 10.3. The van der Waals surface area contributed by atoms with Gasteiger partial charge in [-0.2, -0.15) is 0 Å². The molecule has 3 fully saturated rings. The average Bonchev–Trinajstić information content (AvgIpc) is 3.41. The highest BCUT2D eigenvalue weighted by molar-refractivity contribution is 5.02. The maximum absolute atomic E-state index is 6.26. The lowest BCUT2D eigenvalue weighted by Crippen LogP contribution is -2.44. The van der Waals surface area contributed by atoms with Crippen LogP contribution >= 0.6 is 0 Å². The van der Waals surface area contributed by atoms with Crippen molar-refractivity contribution in [2.75, 3.05) is 13.2 Å². The van der Waals surface area contributed by atoms with Gasteiger partial charge in [0.1, 0.15) is 0 Å². The van der Waals surface area contributed by atoms with Gasteiger partial charge in [-0.3, -0.25) is 0 Å². The molecule has 0 bridgehead atoms. The van der Waals surface area contributed by atoms with E-state index in [-0.39, 0.29) is 0 Å². The lowest BCUT2D eigenvalue weighted by atomic mass is 9.70. The van der Waals surface area contributed by atoms with Crippen LogP contribution in [-0.2, 0) is 4.74 Å². The highest BCUT2D eigenvalue weighted by atomic mass is 16.5. The van der Waals surface area contributed by atoms with Crippen LogP contribution in [0.1, 0.15) is 78.1 Å². The fraction of sp³-hybridized carbons (Fsp3) is 1.00. The van der Waals surface area contributed by atoms with E-state index in [4.69, 9.17) is 4.74 Å². The first-order valence-corrected chi connectivity index (χ1v) is 9.62. The summed E-state index contributed by atoms with van der Waals surface area (Å²) >= 11 is 0. The smallest absolute Gasteiger partial charge is 0.0672 e. The van der Waals surface area contributed by atoms with Crippen molar-refractivity contribution in [2.45, 2.75) is 90.2 Å². The molecule has 0 aromatic carbocycles. The van der Waals surface area contributed by atoms with Crippen LogP contribution in [0.2, 0.25) is 0 Å². The van der Waals surface area contributed by atoms with E-state index in [1.807, 2.05) is 0 Å². The Morgan fingerprint density at radius 3 is 2.62 bits per heavy atom. The lowest BCUT2D eigenvalue weighted by Gasteiger charge is -2.38. The van der Waals surface area contributed by atoms with E-state index in [1.54, 1.807) is 0 Å². The van der Waals surface area contributed by atoms with E-state index in [9.17, 15) is 0 Å². The van der Waals surface area contributed by atoms with Gasteiger partial charge in [-0.25, -0.2) is 0 Å². The molecule has 1 aliphatic heterocycles. The Labute approximate surface area is 131 Å². The number of hydrogen-bond acceptors (Lipinski definition) is 2. The largest absolute Gasteiger partial charge is 0.377 e. The fourth-order valence-corrected chi connectivity index (χ4v) is 4.38. The monoisotopic (exact) mass is 293 g/mol. The molecular weight excluding hydrogens is 258 g/mol. The fourth-order valence-electron chi connectivity index (χ4n) is 4.38. The van der Waals surface area contributed by atoms with Gasteiger partial charge in [0, 0.05) is 24.6 Å². The summed E-state index contributed by atoms with van der Waals surface area (Å²) in [4.78, 5) is 0. The zero-order valence-electron chi connectivity index (χ0n) is 14.2. The zero-order chi connectivity index (χ0) is 14.7. The normalized spacial score (nSPS) is 34.3. The van der Waals surface area contributed by atoms with Crippen LogP contribution in [0.3, 0.4) is 0 Å². The molecule has 1 N–H and O–H groups in total. The second-order valence-electron chi connectivity index (χ2n) is 8.02. The summed E-state index contributed by atoms with van der Waals surface area (Å²) in [5, 5.41) is 3.86. The van der Waals surface area contributed by atoms with Crippen LogP contribution in [0.15, 0.2) is 0 Å². The molecule has 1 saturated heterocycles. The van der Waals surface area contributed by atoms with E-state index in [0.29, 0.717) is 11.5 Å². The molecule has 2 heteroatoms. The number of rotatable bonds is 10. The van der Waals surface area contributed by atoms with Gasteiger partial charge in [0.15, 0.2) is 0 Å². The van der Waals surface area contributed by atoms with Crippen LogP contribution in [0, 0.1) is 17.3 Å². The second-order valence-corrected chi connectivity index (χ2v) is 8.02. The SMILES string of the molecule is CCCCC(CC)CC1(CNC2CC2)CCOC1C1CC1. The van der Waals surface area contributed by atoms with Crippen LogP contribution in [-0.4, -0.2) is 25.3 Å². The van der Waals surface area contributed by atoms with E-state index in [0.717, 1.165) is 24.5 Å². The second kappa shape index (κ2) is 7.00. The molecule has 2 saturated carbocycles. The highest BCUT2D eigenvalue weighted by Gasteiger charge is 2.51. The molecule has 1 heterocycles. The minimum atomic E-state index is 0.457. The Morgan fingerprint density at radius 1 is 1.19 bits per heavy atom. The van der Waals surface area contributed by atoms with Crippen LogP contribution in [0.5, 0.6) is 0 Å². The summed E-state index contributed by atoms with van der Waals surface area (Å²) in [6.07, 6.45) is 14.4. The molecule has 3 aliphatic rings. The Kier molecular flexibility index (Phi) is 5.27. The van der Waals surface area contributed by atoms with Gasteiger partial charge in [0.25, 0.3) is 0 Å². The van der Waals surface area contributed by atoms with E-state index in [1.165, 1.54) is 70.8 Å². The van der Waals surface area contributed by atoms with Gasteiger partial charge >= 0.3 is 0 Å². The minimum absolute atomic E-state index is 0.457. The van der Waals surface area contributed by atoms with E-state index >= 15 is 0 Å². The predicted octanol–water partition coefficient (Wildman–Crippen LogP) is 4.53. The molecule has 3 rings (SSSR count). The average molecular weight is 293 g/mol. The summed E-state index contributed by atoms with van der Waals surface area (Å²) in [7, 11) is 0. The minimum Gasteiger partial charge on any atom is -0.377 e. The molecule has 0 spiro atoms. The van der Waals surface area contributed by atoms with Crippen molar-refractivity contribution in [2.24, 2.45) is 17.3 Å². The van der Waals surface area contributed by atoms with Crippen molar-refractivity contribution < 1.29 is 4.74 Å². The first-order valence-electron chi connectivity index (χ1n) is 9.62. The van der Waals surface area contributed by atoms with Crippen molar-refractivity contribution in [3.05, 3.63) is 0 Å². The third kappa shape index (κ3) is 4.01. The predicted molar refractivity (Wildman–Crippen MR) is 88.5 cm³/mol. The highest BCUT2D eigenvalue weighted by Crippen LogP contribution is 2.51. The molecule has 3 unspecified atom stereocenters. The van der Waals surface area contributed by atoms with Crippen LogP contribution in [0.4, 0.5) is 0 Å². The Morgan fingerprint density at radius 2 is 2.00 bits per heavy atom. The van der Waals surface area contributed by atoms with Gasteiger partial charge in [-0.05, 0) is 50.4 Å². The van der Waals surface area contributed by atoms with Crippen molar-refractivity contribution in [3.63, 3.8) is 0 Å². The summed E-state index contributed by atoms with van der Waals surface area (Å²) in [6.45, 7) is 6.95. The topological polar surface area (TPSA) is 21.3 Å². The summed E-state index contributed by atoms with van der Waals surface area (Å²) in [6, 6.07) is 0.832. The molecule has 0 aromatic rings. The van der Waals surface area contributed by atoms with Crippen molar-refractivity contribution in [3.8, 4) is 0 Å². The molecule has 122 valence electrons. The molecule has 2 nitrogen and oxygen atoms in total. The molecule has 2 aliphatic carbocycles. The number of ether oxygens (including phenoxy) is 1. The standard InChI is InChI=1S/C19H35NO/c1-3-5-6-15(4-2)13-19(14-20-17-9-10-17)11-12-21-18(19)16-7-8-16/h15-18,20H,3-14H2,1-2H3. The van der Waals surface area contributed by atoms with E-state index in [2.05, 4.69) is 19.2 Å². The molecule has 0 aromatic heterocycles. The summed E-state index contributed by atoms with van der Waals surface area (Å²) in [5.41, 5.74) is 0.457. The van der Waals surface area contributed by atoms with Crippen molar-refractivity contribution in [1.29, 1.82) is 0 Å². The van der Waals surface area contributed by atoms with Crippen LogP contribution in [0.25, 0.3) is 0 Å². The van der Waals surface area contributed by atoms with Gasteiger partial charge < -0.3 is 10.1 Å². The molecule has 0 radical (unpaired) electrons. The Bertz CT molecular complexity index is 324. The number of unbranched alkanes of at least 4 members (excludes halogenated alkanes) is 1. The Balaban J connectivity index is 1.64. The quantitative estimate of drug-likeness (QED) is 0.639. The van der Waals surface area contributed by atoms with Gasteiger partial charge in [-0.1, -0.05) is 39.5 Å². The third-order valence-corrected chi connectivity index (χ3v) is 6.11. The van der Waals surface area contributed by atoms with Gasteiger partial charge in [-0.15, -0.1) is 0 Å². The van der Waals surface area contributed by atoms with Crippen LogP contribution < -0.4 is 5.32 Å². The van der Waals surface area contributed by atoms with Gasteiger partial charge in [0.05, 0.1) is 6.10 Å². The number of nitrogens with one attached hydrogen (secondary N) is 1. The van der Waals surface area contributed by atoms with Crippen molar-refractivity contribution in [1.82, 2.24) is 5.32 Å². The third-order valence-electron chi connectivity index (χ3n) is 6.11. The van der Waals surface area contributed by atoms with Gasteiger partial charge in [0.2, 0.25) is 0 Å². The lowest BCUT2D eigenvalue weighted by molar-refractivity contribution is 0.0171. The molecule has 21 heavy (non-hydrogen) atoms. The first kappa shape index (κ1) is 15.8. The van der Waals surface area contributed by atoms with E-state index < -0.39 is 0 Å². The molecule has 0 amide bonds.